The van der Waals surface area contributed by atoms with Crippen molar-refractivity contribution in [3.8, 4) is 0 Å². The molecule has 0 saturated carbocycles. The molecular weight excluding hydrogens is 241 g/mol. The van der Waals surface area contributed by atoms with Crippen LogP contribution in [0.2, 0.25) is 0 Å². The van der Waals surface area contributed by atoms with Crippen LogP contribution >= 0.6 is 0 Å². The van der Waals surface area contributed by atoms with Crippen molar-refractivity contribution in [3.05, 3.63) is 0 Å². The molecule has 1 rings (SSSR count). The predicted octanol–water partition coefficient (Wildman–Crippen LogP) is 2.90. The summed E-state index contributed by atoms with van der Waals surface area (Å²) >= 11 is 0. The first-order valence-corrected chi connectivity index (χ1v) is 6.74. The van der Waals surface area contributed by atoms with Gasteiger partial charge in [-0.1, -0.05) is 20.8 Å². The number of hydrogen-bond acceptors (Lipinski definition) is 2. The molecular formula is C13H25F3N2. The van der Waals surface area contributed by atoms with Crippen molar-refractivity contribution in [1.82, 2.24) is 10.2 Å². The van der Waals surface area contributed by atoms with Gasteiger partial charge in [0.15, 0.2) is 0 Å². The highest BCUT2D eigenvalue weighted by Gasteiger charge is 2.41. The molecule has 2 nitrogen and oxygen atoms in total. The molecule has 0 unspecified atom stereocenters. The second kappa shape index (κ2) is 6.24. The number of piperidine rings is 1. The molecule has 108 valence electrons. The highest BCUT2D eigenvalue weighted by Crippen LogP contribution is 2.34. The molecule has 0 aromatic carbocycles. The van der Waals surface area contributed by atoms with Gasteiger partial charge in [-0.05, 0) is 37.9 Å². The molecule has 0 radical (unpaired) electrons. The maximum Gasteiger partial charge on any atom is 0.391 e. The first-order chi connectivity index (χ1) is 8.24. The summed E-state index contributed by atoms with van der Waals surface area (Å²) in [5.74, 6) is -1.09. The smallest absolute Gasteiger partial charge is 0.316 e. The van der Waals surface area contributed by atoms with Gasteiger partial charge in [-0.25, -0.2) is 0 Å². The molecule has 0 aromatic rings. The van der Waals surface area contributed by atoms with E-state index in [-0.39, 0.29) is 18.3 Å². The van der Waals surface area contributed by atoms with Crippen LogP contribution in [-0.2, 0) is 0 Å². The minimum atomic E-state index is -4.01. The van der Waals surface area contributed by atoms with E-state index in [1.165, 1.54) is 0 Å². The SMILES string of the molecule is CCNCC(C)(C)CN1CCC(C(F)(F)F)CC1. The summed E-state index contributed by atoms with van der Waals surface area (Å²) < 4.78 is 37.6. The van der Waals surface area contributed by atoms with Crippen LogP contribution in [0.15, 0.2) is 0 Å². The fourth-order valence-corrected chi connectivity index (χ4v) is 2.54. The number of nitrogens with zero attached hydrogens (tertiary/aromatic N) is 1. The van der Waals surface area contributed by atoms with Crippen LogP contribution in [0.5, 0.6) is 0 Å². The largest absolute Gasteiger partial charge is 0.391 e. The lowest BCUT2D eigenvalue weighted by atomic mass is 9.90. The highest BCUT2D eigenvalue weighted by molar-refractivity contribution is 4.82. The second-order valence-electron chi connectivity index (χ2n) is 6.04. The second-order valence-corrected chi connectivity index (χ2v) is 6.04. The van der Waals surface area contributed by atoms with Gasteiger partial charge >= 0.3 is 6.18 Å². The Hall–Kier alpha value is -0.290. The quantitative estimate of drug-likeness (QED) is 0.823. The van der Waals surface area contributed by atoms with Crippen molar-refractivity contribution in [2.45, 2.75) is 39.8 Å². The summed E-state index contributed by atoms with van der Waals surface area (Å²) in [6, 6.07) is 0. The summed E-state index contributed by atoms with van der Waals surface area (Å²) in [4.78, 5) is 2.17. The average Bonchev–Trinajstić information content (AvgIpc) is 2.25. The molecule has 1 saturated heterocycles. The lowest BCUT2D eigenvalue weighted by molar-refractivity contribution is -0.185. The minimum absolute atomic E-state index is 0.112. The zero-order valence-corrected chi connectivity index (χ0v) is 11.6. The van der Waals surface area contributed by atoms with Crippen LogP contribution < -0.4 is 5.32 Å². The normalized spacial score (nSPS) is 20.3. The van der Waals surface area contributed by atoms with Crippen molar-refractivity contribution < 1.29 is 13.2 Å². The number of halogens is 3. The lowest BCUT2D eigenvalue weighted by Gasteiger charge is -2.37. The van der Waals surface area contributed by atoms with E-state index in [2.05, 4.69) is 31.0 Å². The van der Waals surface area contributed by atoms with Gasteiger partial charge < -0.3 is 10.2 Å². The number of alkyl halides is 3. The Morgan fingerprint density at radius 3 is 2.17 bits per heavy atom. The Balaban J connectivity index is 2.35. The van der Waals surface area contributed by atoms with Crippen molar-refractivity contribution in [3.63, 3.8) is 0 Å². The van der Waals surface area contributed by atoms with Gasteiger partial charge in [0.1, 0.15) is 0 Å². The summed E-state index contributed by atoms with van der Waals surface area (Å²) in [6.45, 7) is 10.2. The first-order valence-electron chi connectivity index (χ1n) is 6.74. The Bertz CT molecular complexity index is 243. The van der Waals surface area contributed by atoms with Crippen LogP contribution in [0, 0.1) is 11.3 Å². The van der Waals surface area contributed by atoms with Crippen LogP contribution in [0.4, 0.5) is 13.2 Å². The summed E-state index contributed by atoms with van der Waals surface area (Å²) in [6.07, 6.45) is -3.51. The molecule has 1 fully saturated rings. The van der Waals surface area contributed by atoms with Crippen molar-refractivity contribution in [1.29, 1.82) is 0 Å². The zero-order chi connectivity index (χ0) is 13.8. The van der Waals surface area contributed by atoms with E-state index in [0.29, 0.717) is 13.1 Å². The van der Waals surface area contributed by atoms with Gasteiger partial charge in [0.2, 0.25) is 0 Å². The molecule has 1 heterocycles. The standard InChI is InChI=1S/C13H25F3N2/c1-4-17-9-12(2,3)10-18-7-5-11(6-8-18)13(14,15)16/h11,17H,4-10H2,1-3H3. The van der Waals surface area contributed by atoms with Gasteiger partial charge in [0.05, 0.1) is 5.92 Å². The molecule has 0 amide bonds. The number of rotatable bonds is 5. The lowest BCUT2D eigenvalue weighted by Crippen LogP contribution is -2.45. The molecule has 0 aliphatic carbocycles. The Morgan fingerprint density at radius 1 is 1.17 bits per heavy atom. The van der Waals surface area contributed by atoms with Crippen LogP contribution in [0.1, 0.15) is 33.6 Å². The number of likely N-dealkylation sites (tertiary alicyclic amines) is 1. The Kier molecular flexibility index (Phi) is 5.46. The summed E-state index contributed by atoms with van der Waals surface area (Å²) in [5.41, 5.74) is 0.112. The Morgan fingerprint density at radius 2 is 1.72 bits per heavy atom. The molecule has 18 heavy (non-hydrogen) atoms. The van der Waals surface area contributed by atoms with Gasteiger partial charge in [0.25, 0.3) is 0 Å². The highest BCUT2D eigenvalue weighted by atomic mass is 19.4. The predicted molar refractivity (Wildman–Crippen MR) is 67.5 cm³/mol. The summed E-state index contributed by atoms with van der Waals surface area (Å²) in [5, 5.41) is 3.30. The fourth-order valence-electron chi connectivity index (χ4n) is 2.54. The van der Waals surface area contributed by atoms with E-state index in [4.69, 9.17) is 0 Å². The maximum absolute atomic E-state index is 12.5. The van der Waals surface area contributed by atoms with Gasteiger partial charge in [-0.3, -0.25) is 0 Å². The van der Waals surface area contributed by atoms with Gasteiger partial charge in [-0.2, -0.15) is 13.2 Å². The number of nitrogens with one attached hydrogen (secondary N) is 1. The van der Waals surface area contributed by atoms with E-state index in [1.54, 1.807) is 0 Å². The summed E-state index contributed by atoms with van der Waals surface area (Å²) in [7, 11) is 0. The minimum Gasteiger partial charge on any atom is -0.316 e. The van der Waals surface area contributed by atoms with Crippen LogP contribution in [0.3, 0.4) is 0 Å². The molecule has 1 aliphatic heterocycles. The maximum atomic E-state index is 12.5. The zero-order valence-electron chi connectivity index (χ0n) is 11.6. The molecule has 0 bridgehead atoms. The number of hydrogen-bond donors (Lipinski definition) is 1. The fraction of sp³-hybridized carbons (Fsp3) is 1.00. The van der Waals surface area contributed by atoms with E-state index in [9.17, 15) is 13.2 Å². The van der Waals surface area contributed by atoms with Gasteiger partial charge in [0, 0.05) is 13.1 Å². The third kappa shape index (κ3) is 5.14. The van der Waals surface area contributed by atoms with E-state index in [0.717, 1.165) is 19.6 Å². The molecule has 5 heteroatoms. The molecule has 0 aromatic heterocycles. The molecule has 1 N–H and O–H groups in total. The monoisotopic (exact) mass is 266 g/mol. The molecule has 1 aliphatic rings. The van der Waals surface area contributed by atoms with E-state index in [1.807, 2.05) is 0 Å². The van der Waals surface area contributed by atoms with Crippen molar-refractivity contribution in [2.75, 3.05) is 32.7 Å². The molecule has 0 spiro atoms. The van der Waals surface area contributed by atoms with Gasteiger partial charge in [-0.15, -0.1) is 0 Å². The van der Waals surface area contributed by atoms with Crippen LogP contribution in [0.25, 0.3) is 0 Å². The topological polar surface area (TPSA) is 15.3 Å². The van der Waals surface area contributed by atoms with E-state index >= 15 is 0 Å². The third-order valence-corrected chi connectivity index (χ3v) is 3.56. The average molecular weight is 266 g/mol. The molecule has 0 atom stereocenters. The third-order valence-electron chi connectivity index (χ3n) is 3.56. The first kappa shape index (κ1) is 15.8. The van der Waals surface area contributed by atoms with Crippen molar-refractivity contribution >= 4 is 0 Å². The van der Waals surface area contributed by atoms with Crippen LogP contribution in [-0.4, -0.2) is 43.8 Å². The van der Waals surface area contributed by atoms with E-state index < -0.39 is 12.1 Å². The Labute approximate surface area is 108 Å². The van der Waals surface area contributed by atoms with Crippen molar-refractivity contribution in [2.24, 2.45) is 11.3 Å².